The van der Waals surface area contributed by atoms with Crippen LogP contribution in [0.1, 0.15) is 60.5 Å². The standard InChI is InChI=1S/C22H28N4O/c27-22(25-12-10-18(11-13-25)23-14-16-6-7-16)20-15-24-26(21(20)17-8-9-17)19-4-2-1-3-5-19/h1-5,15-18,23H,6-14H2. The minimum absolute atomic E-state index is 0.166. The fourth-order valence-corrected chi connectivity index (χ4v) is 4.16. The molecule has 3 aliphatic rings. The number of rotatable bonds is 6. The Morgan fingerprint density at radius 2 is 1.78 bits per heavy atom. The third-order valence-corrected chi connectivity index (χ3v) is 6.18. The molecule has 1 aromatic heterocycles. The van der Waals surface area contributed by atoms with Gasteiger partial charge in [0, 0.05) is 25.0 Å². The molecule has 5 nitrogen and oxygen atoms in total. The van der Waals surface area contributed by atoms with E-state index in [9.17, 15) is 4.79 Å². The molecule has 1 amide bonds. The van der Waals surface area contributed by atoms with Crippen LogP contribution in [0.25, 0.3) is 5.69 Å². The summed E-state index contributed by atoms with van der Waals surface area (Å²) in [7, 11) is 0. The van der Waals surface area contributed by atoms with Crippen molar-refractivity contribution in [3.05, 3.63) is 47.8 Å². The van der Waals surface area contributed by atoms with E-state index >= 15 is 0 Å². The van der Waals surface area contributed by atoms with Crippen LogP contribution in [0, 0.1) is 5.92 Å². The average Bonchev–Trinajstić information content (AvgIpc) is 3.65. The number of carbonyl (C=O) groups is 1. The molecule has 1 aromatic carbocycles. The highest BCUT2D eigenvalue weighted by Crippen LogP contribution is 2.42. The summed E-state index contributed by atoms with van der Waals surface area (Å²) in [6.45, 7) is 2.86. The summed E-state index contributed by atoms with van der Waals surface area (Å²) in [4.78, 5) is 15.3. The SMILES string of the molecule is O=C(c1cnn(-c2ccccc2)c1C1CC1)N1CCC(NCC2CC2)CC1. The van der Waals surface area contributed by atoms with E-state index in [1.807, 2.05) is 27.8 Å². The molecule has 3 fully saturated rings. The first-order valence-electron chi connectivity index (χ1n) is 10.5. The number of hydrogen-bond acceptors (Lipinski definition) is 3. The second-order valence-corrected chi connectivity index (χ2v) is 8.38. The summed E-state index contributed by atoms with van der Waals surface area (Å²) >= 11 is 0. The number of amides is 1. The number of carbonyl (C=O) groups excluding carboxylic acids is 1. The zero-order valence-electron chi connectivity index (χ0n) is 15.8. The van der Waals surface area contributed by atoms with Gasteiger partial charge in [-0.05, 0) is 63.1 Å². The van der Waals surface area contributed by atoms with E-state index in [-0.39, 0.29) is 5.91 Å². The number of piperidine rings is 1. The molecule has 0 atom stereocenters. The Labute approximate surface area is 160 Å². The Kier molecular flexibility index (Phi) is 4.48. The Morgan fingerprint density at radius 1 is 1.04 bits per heavy atom. The maximum absolute atomic E-state index is 13.2. The molecular formula is C22H28N4O. The van der Waals surface area contributed by atoms with Crippen molar-refractivity contribution >= 4 is 5.91 Å². The summed E-state index contributed by atoms with van der Waals surface area (Å²) in [5, 5.41) is 8.28. The van der Waals surface area contributed by atoms with Crippen LogP contribution < -0.4 is 5.32 Å². The summed E-state index contributed by atoms with van der Waals surface area (Å²) in [5.74, 6) is 1.55. The van der Waals surface area contributed by atoms with Crippen LogP contribution in [0.2, 0.25) is 0 Å². The third kappa shape index (κ3) is 3.65. The molecule has 142 valence electrons. The maximum Gasteiger partial charge on any atom is 0.257 e. The number of para-hydroxylation sites is 1. The number of likely N-dealkylation sites (tertiary alicyclic amines) is 1. The van der Waals surface area contributed by atoms with Crippen LogP contribution in [-0.2, 0) is 0 Å². The molecule has 1 aliphatic heterocycles. The predicted molar refractivity (Wildman–Crippen MR) is 105 cm³/mol. The predicted octanol–water partition coefficient (Wildman–Crippen LogP) is 3.35. The number of hydrogen-bond donors (Lipinski definition) is 1. The Balaban J connectivity index is 1.30. The smallest absolute Gasteiger partial charge is 0.257 e. The molecule has 0 spiro atoms. The Bertz CT molecular complexity index is 799. The minimum atomic E-state index is 0.166. The lowest BCUT2D eigenvalue weighted by Crippen LogP contribution is -2.45. The molecule has 1 saturated heterocycles. The quantitative estimate of drug-likeness (QED) is 0.855. The molecule has 1 N–H and O–H groups in total. The third-order valence-electron chi connectivity index (χ3n) is 6.18. The van der Waals surface area contributed by atoms with Crippen LogP contribution >= 0.6 is 0 Å². The number of nitrogens with zero attached hydrogens (tertiary/aromatic N) is 3. The first-order valence-corrected chi connectivity index (χ1v) is 10.5. The van der Waals surface area contributed by atoms with Crippen LogP contribution in [-0.4, -0.2) is 46.3 Å². The molecule has 5 rings (SSSR count). The second kappa shape index (κ2) is 7.12. The summed E-state index contributed by atoms with van der Waals surface area (Å²) < 4.78 is 1.98. The Morgan fingerprint density at radius 3 is 2.44 bits per heavy atom. The van der Waals surface area contributed by atoms with Gasteiger partial charge in [-0.3, -0.25) is 4.79 Å². The van der Waals surface area contributed by atoms with Gasteiger partial charge in [-0.2, -0.15) is 5.10 Å². The fraction of sp³-hybridized carbons (Fsp3) is 0.545. The van der Waals surface area contributed by atoms with Crippen molar-refractivity contribution in [1.82, 2.24) is 20.0 Å². The molecule has 0 bridgehead atoms. The van der Waals surface area contributed by atoms with Gasteiger partial charge < -0.3 is 10.2 Å². The molecule has 2 heterocycles. The van der Waals surface area contributed by atoms with Crippen molar-refractivity contribution in [2.75, 3.05) is 19.6 Å². The van der Waals surface area contributed by atoms with Crippen molar-refractivity contribution in [3.63, 3.8) is 0 Å². The molecule has 27 heavy (non-hydrogen) atoms. The average molecular weight is 364 g/mol. The normalized spacial score (nSPS) is 20.8. The lowest BCUT2D eigenvalue weighted by Gasteiger charge is -2.32. The van der Waals surface area contributed by atoms with Gasteiger partial charge in [-0.1, -0.05) is 18.2 Å². The Hall–Kier alpha value is -2.14. The van der Waals surface area contributed by atoms with E-state index in [1.165, 1.54) is 12.8 Å². The lowest BCUT2D eigenvalue weighted by atomic mass is 10.0. The number of nitrogens with one attached hydrogen (secondary N) is 1. The number of benzene rings is 1. The van der Waals surface area contributed by atoms with E-state index in [0.717, 1.165) is 68.2 Å². The number of aromatic nitrogens is 2. The molecule has 2 aliphatic carbocycles. The van der Waals surface area contributed by atoms with Crippen molar-refractivity contribution in [2.24, 2.45) is 5.92 Å². The first kappa shape index (κ1) is 17.0. The molecular weight excluding hydrogens is 336 g/mol. The van der Waals surface area contributed by atoms with E-state index < -0.39 is 0 Å². The highest BCUT2D eigenvalue weighted by atomic mass is 16.2. The summed E-state index contributed by atoms with van der Waals surface area (Å²) in [5.41, 5.74) is 2.97. The maximum atomic E-state index is 13.2. The van der Waals surface area contributed by atoms with E-state index in [0.29, 0.717) is 12.0 Å². The van der Waals surface area contributed by atoms with Gasteiger partial charge in [-0.15, -0.1) is 0 Å². The van der Waals surface area contributed by atoms with Gasteiger partial charge in [0.15, 0.2) is 0 Å². The zero-order chi connectivity index (χ0) is 18.2. The first-order chi connectivity index (χ1) is 13.3. The van der Waals surface area contributed by atoms with Crippen molar-refractivity contribution < 1.29 is 4.79 Å². The minimum Gasteiger partial charge on any atom is -0.338 e. The summed E-state index contributed by atoms with van der Waals surface area (Å²) in [6.07, 6.45) is 9.01. The lowest BCUT2D eigenvalue weighted by molar-refractivity contribution is 0.0703. The van der Waals surface area contributed by atoms with Gasteiger partial charge in [0.1, 0.15) is 0 Å². The molecule has 0 unspecified atom stereocenters. The molecule has 5 heteroatoms. The van der Waals surface area contributed by atoms with Gasteiger partial charge in [0.05, 0.1) is 23.1 Å². The second-order valence-electron chi connectivity index (χ2n) is 8.38. The zero-order valence-corrected chi connectivity index (χ0v) is 15.8. The molecule has 0 radical (unpaired) electrons. The fourth-order valence-electron chi connectivity index (χ4n) is 4.16. The van der Waals surface area contributed by atoms with Gasteiger partial charge in [0.25, 0.3) is 5.91 Å². The van der Waals surface area contributed by atoms with Crippen molar-refractivity contribution in [3.8, 4) is 5.69 Å². The van der Waals surface area contributed by atoms with Crippen molar-refractivity contribution in [2.45, 2.75) is 50.5 Å². The monoisotopic (exact) mass is 364 g/mol. The van der Waals surface area contributed by atoms with Gasteiger partial charge in [0.2, 0.25) is 0 Å². The molecule has 2 aromatic rings. The highest BCUT2D eigenvalue weighted by Gasteiger charge is 2.35. The molecule has 2 saturated carbocycles. The van der Waals surface area contributed by atoms with Gasteiger partial charge >= 0.3 is 0 Å². The topological polar surface area (TPSA) is 50.2 Å². The van der Waals surface area contributed by atoms with E-state index in [2.05, 4.69) is 22.5 Å². The summed E-state index contributed by atoms with van der Waals surface area (Å²) in [6, 6.07) is 10.7. The van der Waals surface area contributed by atoms with Crippen LogP contribution in [0.15, 0.2) is 36.5 Å². The van der Waals surface area contributed by atoms with Crippen molar-refractivity contribution in [1.29, 1.82) is 0 Å². The largest absolute Gasteiger partial charge is 0.338 e. The van der Waals surface area contributed by atoms with Crippen LogP contribution in [0.3, 0.4) is 0 Å². The highest BCUT2D eigenvalue weighted by molar-refractivity contribution is 5.95. The van der Waals surface area contributed by atoms with Gasteiger partial charge in [-0.25, -0.2) is 4.68 Å². The van der Waals surface area contributed by atoms with Crippen LogP contribution in [0.5, 0.6) is 0 Å². The van der Waals surface area contributed by atoms with E-state index in [4.69, 9.17) is 0 Å². The van der Waals surface area contributed by atoms with Crippen LogP contribution in [0.4, 0.5) is 0 Å². The van der Waals surface area contributed by atoms with E-state index in [1.54, 1.807) is 6.20 Å².